The highest BCUT2D eigenvalue weighted by atomic mass is 32.2. The zero-order chi connectivity index (χ0) is 17.6. The van der Waals surface area contributed by atoms with Crippen LogP contribution in [-0.2, 0) is 11.2 Å². The maximum atomic E-state index is 12.1. The van der Waals surface area contributed by atoms with E-state index < -0.39 is 0 Å². The van der Waals surface area contributed by atoms with Crippen molar-refractivity contribution in [3.63, 3.8) is 0 Å². The van der Waals surface area contributed by atoms with Gasteiger partial charge in [-0.3, -0.25) is 14.9 Å². The zero-order valence-corrected chi connectivity index (χ0v) is 16.3. The van der Waals surface area contributed by atoms with Crippen molar-refractivity contribution in [1.82, 2.24) is 15.2 Å². The van der Waals surface area contributed by atoms with E-state index >= 15 is 0 Å². The molecule has 0 aliphatic heterocycles. The second-order valence-electron chi connectivity index (χ2n) is 4.64. The van der Waals surface area contributed by atoms with E-state index in [4.69, 9.17) is 0 Å². The number of carbonyl (C=O) groups is 2. The second-order valence-corrected chi connectivity index (χ2v) is 8.77. The van der Waals surface area contributed by atoms with Gasteiger partial charge in [0.05, 0.1) is 17.7 Å². The summed E-state index contributed by atoms with van der Waals surface area (Å²) in [6, 6.07) is 1.75. The fourth-order valence-corrected chi connectivity index (χ4v) is 4.78. The standard InChI is InChI=1S/C14H13N5O2S4/c1-2-23-14-19-18-13(25-14)16-10(20)5-9-7-24-12(15-9)17-11(21)8-3-4-22-6-8/h3-4,6-7H,2,5H2,1H3,(H,15,17,21)(H,16,18,20). The van der Waals surface area contributed by atoms with Gasteiger partial charge < -0.3 is 5.32 Å². The van der Waals surface area contributed by atoms with Crippen LogP contribution in [0.3, 0.4) is 0 Å². The molecule has 0 saturated carbocycles. The third kappa shape index (κ3) is 5.08. The molecule has 0 aromatic carbocycles. The molecule has 0 radical (unpaired) electrons. The summed E-state index contributed by atoms with van der Waals surface area (Å²) < 4.78 is 0.824. The van der Waals surface area contributed by atoms with Crippen LogP contribution in [0.2, 0.25) is 0 Å². The van der Waals surface area contributed by atoms with Crippen LogP contribution in [0.15, 0.2) is 26.5 Å². The fourth-order valence-electron chi connectivity index (χ4n) is 1.78. The molecule has 0 aliphatic rings. The first kappa shape index (κ1) is 18.0. The van der Waals surface area contributed by atoms with Crippen LogP contribution >= 0.6 is 45.8 Å². The van der Waals surface area contributed by atoms with Gasteiger partial charge in [0.2, 0.25) is 11.0 Å². The lowest BCUT2D eigenvalue weighted by Gasteiger charge is -1.99. The van der Waals surface area contributed by atoms with Gasteiger partial charge in [0.1, 0.15) is 0 Å². The van der Waals surface area contributed by atoms with E-state index in [1.807, 2.05) is 12.3 Å². The van der Waals surface area contributed by atoms with Gasteiger partial charge >= 0.3 is 0 Å². The molecule has 3 aromatic heterocycles. The van der Waals surface area contributed by atoms with E-state index in [1.165, 1.54) is 34.0 Å². The Morgan fingerprint density at radius 3 is 2.84 bits per heavy atom. The molecule has 2 N–H and O–H groups in total. The van der Waals surface area contributed by atoms with Crippen molar-refractivity contribution in [2.24, 2.45) is 0 Å². The van der Waals surface area contributed by atoms with Gasteiger partial charge in [0.25, 0.3) is 5.91 Å². The van der Waals surface area contributed by atoms with Crippen molar-refractivity contribution in [2.75, 3.05) is 16.4 Å². The summed E-state index contributed by atoms with van der Waals surface area (Å²) in [5, 5.41) is 19.7. The van der Waals surface area contributed by atoms with Gasteiger partial charge in [0.15, 0.2) is 9.47 Å². The molecule has 0 saturated heterocycles. The third-order valence-electron chi connectivity index (χ3n) is 2.82. The summed E-state index contributed by atoms with van der Waals surface area (Å²) in [4.78, 5) is 28.3. The Labute approximate surface area is 159 Å². The Morgan fingerprint density at radius 2 is 2.08 bits per heavy atom. The summed E-state index contributed by atoms with van der Waals surface area (Å²) >= 11 is 5.66. The highest BCUT2D eigenvalue weighted by Crippen LogP contribution is 2.25. The lowest BCUT2D eigenvalue weighted by molar-refractivity contribution is -0.115. The number of rotatable bonds is 7. The number of thioether (sulfide) groups is 1. The maximum absolute atomic E-state index is 12.1. The van der Waals surface area contributed by atoms with E-state index in [9.17, 15) is 9.59 Å². The minimum Gasteiger partial charge on any atom is -0.300 e. The van der Waals surface area contributed by atoms with Crippen molar-refractivity contribution in [2.45, 2.75) is 17.7 Å². The van der Waals surface area contributed by atoms with Crippen LogP contribution < -0.4 is 10.6 Å². The molecular weight excluding hydrogens is 398 g/mol. The Hall–Kier alpha value is -1.82. The number of nitrogens with zero attached hydrogens (tertiary/aromatic N) is 3. The van der Waals surface area contributed by atoms with E-state index in [2.05, 4.69) is 25.8 Å². The van der Waals surface area contributed by atoms with Crippen molar-refractivity contribution in [3.8, 4) is 0 Å². The molecule has 7 nitrogen and oxygen atoms in total. The van der Waals surface area contributed by atoms with Gasteiger partial charge in [-0.1, -0.05) is 30.0 Å². The van der Waals surface area contributed by atoms with Gasteiger partial charge in [-0.2, -0.15) is 11.3 Å². The number of carbonyl (C=O) groups excluding carboxylic acids is 2. The molecule has 3 heterocycles. The molecule has 11 heteroatoms. The average molecular weight is 412 g/mol. The lowest BCUT2D eigenvalue weighted by atomic mass is 10.3. The first-order valence-corrected chi connectivity index (χ1v) is 10.8. The molecule has 3 aromatic rings. The Morgan fingerprint density at radius 1 is 1.20 bits per heavy atom. The number of thiophene rings is 1. The van der Waals surface area contributed by atoms with Crippen LogP contribution in [0.4, 0.5) is 10.3 Å². The normalized spacial score (nSPS) is 10.6. The molecule has 130 valence electrons. The molecule has 0 fully saturated rings. The van der Waals surface area contributed by atoms with Crippen LogP contribution in [-0.4, -0.2) is 32.7 Å². The van der Waals surface area contributed by atoms with E-state index in [-0.39, 0.29) is 18.2 Å². The monoisotopic (exact) mass is 411 g/mol. The fraction of sp³-hybridized carbons (Fsp3) is 0.214. The maximum Gasteiger partial charge on any atom is 0.258 e. The minimum atomic E-state index is -0.217. The second kappa shape index (κ2) is 8.52. The van der Waals surface area contributed by atoms with Gasteiger partial charge in [-0.05, 0) is 17.2 Å². The van der Waals surface area contributed by atoms with Crippen LogP contribution in [0.1, 0.15) is 23.0 Å². The van der Waals surface area contributed by atoms with Crippen molar-refractivity contribution >= 4 is 67.8 Å². The number of nitrogens with one attached hydrogen (secondary N) is 2. The van der Waals surface area contributed by atoms with Gasteiger partial charge in [-0.25, -0.2) is 4.98 Å². The predicted octanol–water partition coefficient (Wildman–Crippen LogP) is 3.60. The predicted molar refractivity (Wildman–Crippen MR) is 103 cm³/mol. The number of anilines is 2. The minimum absolute atomic E-state index is 0.112. The largest absolute Gasteiger partial charge is 0.300 e. The summed E-state index contributed by atoms with van der Waals surface area (Å²) in [7, 11) is 0. The topological polar surface area (TPSA) is 96.9 Å². The Balaban J connectivity index is 1.53. The van der Waals surface area contributed by atoms with Crippen molar-refractivity contribution < 1.29 is 9.59 Å². The molecule has 0 bridgehead atoms. The van der Waals surface area contributed by atoms with E-state index in [1.54, 1.807) is 28.6 Å². The molecule has 0 atom stereocenters. The lowest BCUT2D eigenvalue weighted by Crippen LogP contribution is -2.15. The number of hydrogen-bond donors (Lipinski definition) is 2. The number of aromatic nitrogens is 3. The van der Waals surface area contributed by atoms with Gasteiger partial charge in [0, 0.05) is 10.8 Å². The summed E-state index contributed by atoms with van der Waals surface area (Å²) in [6.07, 6.45) is 0.112. The van der Waals surface area contributed by atoms with Crippen molar-refractivity contribution in [3.05, 3.63) is 33.5 Å². The van der Waals surface area contributed by atoms with E-state index in [0.717, 1.165) is 10.1 Å². The number of amides is 2. The molecule has 3 rings (SSSR count). The van der Waals surface area contributed by atoms with Crippen LogP contribution in [0.25, 0.3) is 0 Å². The van der Waals surface area contributed by atoms with Gasteiger partial charge in [-0.15, -0.1) is 21.5 Å². The molecule has 2 amide bonds. The smallest absolute Gasteiger partial charge is 0.258 e. The molecule has 0 unspecified atom stereocenters. The number of thiazole rings is 1. The number of hydrogen-bond acceptors (Lipinski definition) is 9. The quantitative estimate of drug-likeness (QED) is 0.455. The highest BCUT2D eigenvalue weighted by Gasteiger charge is 2.13. The van der Waals surface area contributed by atoms with E-state index in [0.29, 0.717) is 21.5 Å². The first-order valence-electron chi connectivity index (χ1n) is 7.18. The highest BCUT2D eigenvalue weighted by molar-refractivity contribution is 8.01. The average Bonchev–Trinajstić information content (AvgIpc) is 3.30. The Kier molecular flexibility index (Phi) is 6.13. The summed E-state index contributed by atoms with van der Waals surface area (Å²) in [5.41, 5.74) is 1.19. The summed E-state index contributed by atoms with van der Waals surface area (Å²) in [6.45, 7) is 2.03. The summed E-state index contributed by atoms with van der Waals surface area (Å²) in [5.74, 6) is 0.480. The molecule has 25 heavy (non-hydrogen) atoms. The Bertz CT molecular complexity index is 858. The first-order chi connectivity index (χ1) is 12.1. The van der Waals surface area contributed by atoms with Crippen molar-refractivity contribution in [1.29, 1.82) is 0 Å². The van der Waals surface area contributed by atoms with Crippen LogP contribution in [0, 0.1) is 0 Å². The molecular formula is C14H13N5O2S4. The third-order valence-corrected chi connectivity index (χ3v) is 6.16. The molecule has 0 spiro atoms. The SMILES string of the molecule is CCSc1nnc(NC(=O)Cc2csc(NC(=O)c3ccsc3)n2)s1. The molecule has 0 aliphatic carbocycles. The van der Waals surface area contributed by atoms with Crippen LogP contribution in [0.5, 0.6) is 0 Å². The zero-order valence-electron chi connectivity index (χ0n) is 13.0.